The number of benzene rings is 2. The van der Waals surface area contributed by atoms with Gasteiger partial charge in [0.25, 0.3) is 0 Å². The van der Waals surface area contributed by atoms with Crippen LogP contribution in [0.4, 0.5) is 42.5 Å². The van der Waals surface area contributed by atoms with Crippen molar-refractivity contribution < 1.29 is 41.0 Å². The average Bonchev–Trinajstić information content (AvgIpc) is 2.82. The van der Waals surface area contributed by atoms with Crippen LogP contribution in [-0.4, -0.2) is 17.1 Å². The zero-order valence-corrected chi connectivity index (χ0v) is 22.6. The maximum atomic E-state index is 13.3. The lowest BCUT2D eigenvalue weighted by Gasteiger charge is -2.53. The first-order valence-corrected chi connectivity index (χ1v) is 13.1. The largest absolute Gasteiger partial charge is 0.481 e. The summed E-state index contributed by atoms with van der Waals surface area (Å²) in [6.45, 7) is 7.63. The van der Waals surface area contributed by atoms with Crippen LogP contribution in [0.15, 0.2) is 30.3 Å². The van der Waals surface area contributed by atoms with E-state index in [1.807, 2.05) is 26.8 Å². The highest BCUT2D eigenvalue weighted by molar-refractivity contribution is 6.00. The fraction of sp³-hybridized carbons (Fsp3) is 0.517. The van der Waals surface area contributed by atoms with E-state index in [2.05, 4.69) is 10.6 Å². The number of aliphatic carboxylic acids is 1. The Labute approximate surface area is 228 Å². The van der Waals surface area contributed by atoms with Gasteiger partial charge < -0.3 is 15.7 Å². The predicted octanol–water partition coefficient (Wildman–Crippen LogP) is 8.59. The smallest absolute Gasteiger partial charge is 0.416 e. The van der Waals surface area contributed by atoms with Crippen LogP contribution in [0, 0.1) is 11.3 Å². The van der Waals surface area contributed by atoms with Crippen molar-refractivity contribution in [2.75, 3.05) is 10.6 Å². The van der Waals surface area contributed by atoms with Gasteiger partial charge in [0.2, 0.25) is 0 Å². The monoisotopic (exact) mass is 570 g/mol. The van der Waals surface area contributed by atoms with Crippen LogP contribution in [0.5, 0.6) is 0 Å². The van der Waals surface area contributed by atoms with Crippen LogP contribution in [0.2, 0.25) is 0 Å². The first-order valence-electron chi connectivity index (χ1n) is 13.1. The lowest BCUT2D eigenvalue weighted by Crippen LogP contribution is -2.52. The van der Waals surface area contributed by atoms with Gasteiger partial charge in [-0.05, 0) is 90.8 Å². The number of alkyl halides is 6. The van der Waals surface area contributed by atoms with Crippen molar-refractivity contribution >= 4 is 23.4 Å². The van der Waals surface area contributed by atoms with Gasteiger partial charge in [0.1, 0.15) is 0 Å². The SMILES string of the molecule is CC(C)c1cc2c(cc1NC(=O)Nc1cc(C(F)(F)F)cc(C(F)(F)F)c1)[C@@]1(C)CCC[C@@](C)(C(=O)O)[C@@H]1CC2. The number of hydrogen-bond acceptors (Lipinski definition) is 2. The first-order chi connectivity index (χ1) is 18.4. The Hall–Kier alpha value is -3.24. The third kappa shape index (κ3) is 5.39. The zero-order valence-electron chi connectivity index (χ0n) is 22.6. The second-order valence-corrected chi connectivity index (χ2v) is 11.7. The maximum absolute atomic E-state index is 13.3. The minimum atomic E-state index is -5.05. The summed E-state index contributed by atoms with van der Waals surface area (Å²) in [5.74, 6) is -1.05. The van der Waals surface area contributed by atoms with Crippen molar-refractivity contribution in [1.82, 2.24) is 0 Å². The Morgan fingerprint density at radius 1 is 0.925 bits per heavy atom. The van der Waals surface area contributed by atoms with Crippen LogP contribution < -0.4 is 10.6 Å². The van der Waals surface area contributed by atoms with Gasteiger partial charge >= 0.3 is 24.4 Å². The highest BCUT2D eigenvalue weighted by atomic mass is 19.4. The van der Waals surface area contributed by atoms with Crippen LogP contribution in [0.25, 0.3) is 0 Å². The molecule has 0 bridgehead atoms. The molecule has 4 rings (SSSR count). The minimum Gasteiger partial charge on any atom is -0.481 e. The van der Waals surface area contributed by atoms with E-state index >= 15 is 0 Å². The van der Waals surface area contributed by atoms with Gasteiger partial charge in [-0.15, -0.1) is 0 Å². The summed E-state index contributed by atoms with van der Waals surface area (Å²) in [6, 6.07) is 3.67. The zero-order chi connectivity index (χ0) is 29.8. The van der Waals surface area contributed by atoms with Crippen LogP contribution >= 0.6 is 0 Å². The molecule has 2 aromatic rings. The normalized spacial score (nSPS) is 24.7. The standard InChI is InChI=1S/C29H32F6N2O3/c1-15(2)20-10-16-6-7-23-26(3,8-5-9-27(23,4)24(38)39)21(16)14-22(20)37-25(40)36-19-12-17(28(30,31)32)11-18(13-19)29(33,34)35/h10-15,23H,5-9H2,1-4H3,(H,38,39)(H2,36,37,40)/t23-,26-,27-/m1/s1. The van der Waals surface area contributed by atoms with Crippen molar-refractivity contribution in [1.29, 1.82) is 0 Å². The molecule has 0 spiro atoms. The van der Waals surface area contributed by atoms with Crippen LogP contribution in [-0.2, 0) is 29.0 Å². The summed E-state index contributed by atoms with van der Waals surface area (Å²) in [5.41, 5.74) is -2.02. The van der Waals surface area contributed by atoms with E-state index in [9.17, 15) is 41.0 Å². The fourth-order valence-electron chi connectivity index (χ4n) is 6.69. The predicted molar refractivity (Wildman–Crippen MR) is 138 cm³/mol. The molecule has 3 atom stereocenters. The third-order valence-corrected chi connectivity index (χ3v) is 8.73. The van der Waals surface area contributed by atoms with E-state index in [-0.39, 0.29) is 17.9 Å². The number of hydrogen-bond donors (Lipinski definition) is 3. The number of nitrogens with one attached hydrogen (secondary N) is 2. The molecule has 3 N–H and O–H groups in total. The Balaban J connectivity index is 1.70. The molecular formula is C29H32F6N2O3. The summed E-state index contributed by atoms with van der Waals surface area (Å²) in [5, 5.41) is 14.8. The van der Waals surface area contributed by atoms with E-state index < -0.39 is 52.0 Å². The molecule has 0 aromatic heterocycles. The molecule has 0 heterocycles. The number of urea groups is 1. The molecule has 0 radical (unpaired) electrons. The van der Waals surface area contributed by atoms with Gasteiger partial charge in [-0.2, -0.15) is 26.3 Å². The van der Waals surface area contributed by atoms with Crippen molar-refractivity contribution in [3.05, 3.63) is 58.1 Å². The van der Waals surface area contributed by atoms with E-state index in [1.54, 1.807) is 13.0 Å². The number of carbonyl (C=O) groups is 2. The molecule has 218 valence electrons. The number of carboxylic acid groups (broad SMARTS) is 1. The minimum absolute atomic E-state index is 0.00436. The Morgan fingerprint density at radius 2 is 1.52 bits per heavy atom. The number of aryl methyl sites for hydroxylation is 1. The van der Waals surface area contributed by atoms with E-state index in [0.717, 1.165) is 23.1 Å². The first kappa shape index (κ1) is 29.7. The molecule has 2 aromatic carbocycles. The topological polar surface area (TPSA) is 78.4 Å². The van der Waals surface area contributed by atoms with Gasteiger partial charge in [0, 0.05) is 11.4 Å². The highest BCUT2D eigenvalue weighted by Gasteiger charge is 2.55. The molecule has 11 heteroatoms. The van der Waals surface area contributed by atoms with Crippen molar-refractivity contribution in [2.45, 2.75) is 83.5 Å². The summed E-state index contributed by atoms with van der Waals surface area (Å²) in [7, 11) is 0. The maximum Gasteiger partial charge on any atom is 0.416 e. The summed E-state index contributed by atoms with van der Waals surface area (Å²) in [4.78, 5) is 25.2. The quantitative estimate of drug-likeness (QED) is 0.322. The molecule has 1 fully saturated rings. The number of anilines is 2. The second kappa shape index (κ2) is 9.99. The molecule has 2 aliphatic carbocycles. The van der Waals surface area contributed by atoms with E-state index in [0.29, 0.717) is 43.5 Å². The molecule has 1 saturated carbocycles. The Bertz CT molecular complexity index is 1300. The number of rotatable bonds is 4. The highest BCUT2D eigenvalue weighted by Crippen LogP contribution is 2.58. The van der Waals surface area contributed by atoms with Crippen molar-refractivity contribution in [2.24, 2.45) is 11.3 Å². The van der Waals surface area contributed by atoms with Gasteiger partial charge in [0.05, 0.1) is 16.5 Å². The van der Waals surface area contributed by atoms with Crippen molar-refractivity contribution in [3.8, 4) is 0 Å². The summed E-state index contributed by atoms with van der Waals surface area (Å²) in [6.07, 6.45) is -6.70. The Kier molecular flexibility index (Phi) is 7.43. The van der Waals surface area contributed by atoms with Gasteiger partial charge in [-0.1, -0.05) is 33.3 Å². The lowest BCUT2D eigenvalue weighted by atomic mass is 9.49. The molecule has 40 heavy (non-hydrogen) atoms. The van der Waals surface area contributed by atoms with E-state index in [4.69, 9.17) is 0 Å². The fourth-order valence-corrected chi connectivity index (χ4v) is 6.69. The number of amides is 2. The summed E-state index contributed by atoms with van der Waals surface area (Å²) < 4.78 is 79.6. The Morgan fingerprint density at radius 3 is 2.05 bits per heavy atom. The molecule has 0 saturated heterocycles. The average molecular weight is 571 g/mol. The van der Waals surface area contributed by atoms with Gasteiger partial charge in [0.15, 0.2) is 0 Å². The summed E-state index contributed by atoms with van der Waals surface area (Å²) >= 11 is 0. The lowest BCUT2D eigenvalue weighted by molar-refractivity contribution is -0.157. The second-order valence-electron chi connectivity index (χ2n) is 11.7. The number of carbonyl (C=O) groups excluding carboxylic acids is 1. The van der Waals surface area contributed by atoms with Gasteiger partial charge in [-0.25, -0.2) is 4.79 Å². The van der Waals surface area contributed by atoms with Crippen molar-refractivity contribution in [3.63, 3.8) is 0 Å². The number of carboxylic acids is 1. The molecular weight excluding hydrogens is 538 g/mol. The van der Waals surface area contributed by atoms with Crippen LogP contribution in [0.1, 0.15) is 87.1 Å². The third-order valence-electron chi connectivity index (χ3n) is 8.73. The van der Waals surface area contributed by atoms with Gasteiger partial charge in [-0.3, -0.25) is 4.79 Å². The number of halogens is 6. The number of fused-ring (bicyclic) bond motifs is 3. The molecule has 2 amide bonds. The van der Waals surface area contributed by atoms with Crippen LogP contribution in [0.3, 0.4) is 0 Å². The molecule has 0 unspecified atom stereocenters. The molecule has 2 aliphatic rings. The molecule has 0 aliphatic heterocycles. The molecule has 5 nitrogen and oxygen atoms in total. The van der Waals surface area contributed by atoms with E-state index in [1.165, 1.54) is 0 Å².